The van der Waals surface area contributed by atoms with E-state index in [0.29, 0.717) is 23.3 Å². The van der Waals surface area contributed by atoms with Crippen molar-refractivity contribution in [3.05, 3.63) is 23.3 Å². The number of carbonyl (C=O) groups is 1. The monoisotopic (exact) mass is 322 g/mol. The van der Waals surface area contributed by atoms with Gasteiger partial charge in [-0.05, 0) is 49.5 Å². The van der Waals surface area contributed by atoms with Gasteiger partial charge in [-0.2, -0.15) is 4.39 Å². The normalized spacial score (nSPS) is 23.1. The number of hydrogen-bond donors (Lipinski definition) is 1. The molecule has 0 spiro atoms. The molecule has 1 aromatic rings. The average molecular weight is 322 g/mol. The molecule has 1 aliphatic carbocycles. The summed E-state index contributed by atoms with van der Waals surface area (Å²) in [7, 11) is 1.63. The number of nitrogens with zero attached hydrogens (tertiary/aromatic N) is 1. The minimum Gasteiger partial charge on any atom is -0.349 e. The zero-order chi connectivity index (χ0) is 17.1. The van der Waals surface area contributed by atoms with Crippen LogP contribution >= 0.6 is 0 Å². The molecule has 0 aliphatic heterocycles. The lowest BCUT2D eigenvalue weighted by Crippen LogP contribution is -2.44. The number of hydrogen-bond acceptors (Lipinski definition) is 1. The van der Waals surface area contributed by atoms with Crippen molar-refractivity contribution in [1.82, 2.24) is 9.88 Å². The average Bonchev–Trinajstić information content (AvgIpc) is 2.71. The molecule has 1 amide bonds. The number of amides is 1. The summed E-state index contributed by atoms with van der Waals surface area (Å²) < 4.78 is 15.5. The molecule has 3 nitrogen and oxygen atoms in total. The van der Waals surface area contributed by atoms with Crippen LogP contribution in [0.5, 0.6) is 0 Å². The number of aryl methyl sites for hydroxylation is 2. The van der Waals surface area contributed by atoms with E-state index in [1.54, 1.807) is 20.2 Å². The molecule has 0 radical (unpaired) electrons. The van der Waals surface area contributed by atoms with Crippen molar-refractivity contribution < 1.29 is 9.18 Å². The van der Waals surface area contributed by atoms with Gasteiger partial charge in [0, 0.05) is 19.3 Å². The van der Waals surface area contributed by atoms with Crippen LogP contribution in [0.4, 0.5) is 4.39 Å². The molecule has 130 valence electrons. The first-order valence-corrected chi connectivity index (χ1v) is 8.93. The molecule has 1 aromatic heterocycles. The largest absolute Gasteiger partial charge is 0.349 e. The SMILES string of the molecule is Cc1cn(C)c(F)c1C(=O)NC1CCCCC1C(C)CC(C)C. The number of halogens is 1. The van der Waals surface area contributed by atoms with E-state index in [1.807, 2.05) is 0 Å². The Hall–Kier alpha value is -1.32. The predicted octanol–water partition coefficient (Wildman–Crippen LogP) is 4.44. The molecule has 0 saturated heterocycles. The second kappa shape index (κ2) is 7.50. The van der Waals surface area contributed by atoms with Crippen molar-refractivity contribution in [2.24, 2.45) is 24.8 Å². The van der Waals surface area contributed by atoms with Crippen molar-refractivity contribution in [3.8, 4) is 0 Å². The summed E-state index contributed by atoms with van der Waals surface area (Å²) in [5, 5.41) is 3.14. The fourth-order valence-corrected chi connectivity index (χ4v) is 4.20. The second-order valence-corrected chi connectivity index (χ2v) is 7.72. The van der Waals surface area contributed by atoms with Gasteiger partial charge in [0.1, 0.15) is 0 Å². The summed E-state index contributed by atoms with van der Waals surface area (Å²) in [6, 6.07) is 0.170. The van der Waals surface area contributed by atoms with E-state index in [9.17, 15) is 9.18 Å². The minimum absolute atomic E-state index is 0.170. The van der Waals surface area contributed by atoms with Crippen molar-refractivity contribution in [2.75, 3.05) is 0 Å². The number of rotatable bonds is 5. The Morgan fingerprint density at radius 1 is 1.35 bits per heavy atom. The topological polar surface area (TPSA) is 34.0 Å². The molecular weight excluding hydrogens is 291 g/mol. The van der Waals surface area contributed by atoms with Gasteiger partial charge in [-0.1, -0.05) is 33.6 Å². The van der Waals surface area contributed by atoms with E-state index in [1.165, 1.54) is 17.4 Å². The molecule has 1 N–H and O–H groups in total. The maximum Gasteiger partial charge on any atom is 0.256 e. The highest BCUT2D eigenvalue weighted by Crippen LogP contribution is 2.34. The highest BCUT2D eigenvalue weighted by atomic mass is 19.1. The van der Waals surface area contributed by atoms with Crippen molar-refractivity contribution in [3.63, 3.8) is 0 Å². The number of carbonyl (C=O) groups excluding carboxylic acids is 1. The summed E-state index contributed by atoms with van der Waals surface area (Å²) in [6.07, 6.45) is 7.39. The van der Waals surface area contributed by atoms with Crippen LogP contribution in [0, 0.1) is 30.6 Å². The van der Waals surface area contributed by atoms with Crippen LogP contribution < -0.4 is 5.32 Å². The third kappa shape index (κ3) is 4.15. The van der Waals surface area contributed by atoms with E-state index < -0.39 is 5.95 Å². The van der Waals surface area contributed by atoms with Gasteiger partial charge < -0.3 is 9.88 Å². The van der Waals surface area contributed by atoms with Gasteiger partial charge in [-0.3, -0.25) is 4.79 Å². The van der Waals surface area contributed by atoms with Crippen molar-refractivity contribution in [2.45, 2.75) is 65.8 Å². The molecule has 1 saturated carbocycles. The molecule has 4 heteroatoms. The Morgan fingerprint density at radius 3 is 2.57 bits per heavy atom. The molecule has 3 unspecified atom stereocenters. The highest BCUT2D eigenvalue weighted by Gasteiger charge is 2.32. The molecule has 1 aliphatic rings. The third-order valence-corrected chi connectivity index (χ3v) is 5.23. The maximum absolute atomic E-state index is 14.2. The summed E-state index contributed by atoms with van der Waals surface area (Å²) in [6.45, 7) is 8.58. The van der Waals surface area contributed by atoms with Gasteiger partial charge in [0.25, 0.3) is 5.91 Å². The quantitative estimate of drug-likeness (QED) is 0.854. The van der Waals surface area contributed by atoms with Crippen LogP contribution in [-0.2, 0) is 7.05 Å². The van der Waals surface area contributed by atoms with Gasteiger partial charge in [-0.25, -0.2) is 0 Å². The van der Waals surface area contributed by atoms with Crippen LogP contribution in [-0.4, -0.2) is 16.5 Å². The van der Waals surface area contributed by atoms with Crippen LogP contribution in [0.25, 0.3) is 0 Å². The van der Waals surface area contributed by atoms with Crippen LogP contribution in [0.15, 0.2) is 6.20 Å². The van der Waals surface area contributed by atoms with E-state index in [2.05, 4.69) is 26.1 Å². The minimum atomic E-state index is -0.442. The summed E-state index contributed by atoms with van der Waals surface area (Å²) in [5.41, 5.74) is 0.901. The zero-order valence-electron chi connectivity index (χ0n) is 15.2. The van der Waals surface area contributed by atoms with E-state index in [4.69, 9.17) is 0 Å². The molecule has 0 bridgehead atoms. The summed E-state index contributed by atoms with van der Waals surface area (Å²) >= 11 is 0. The first-order valence-electron chi connectivity index (χ1n) is 8.93. The Kier molecular flexibility index (Phi) is 5.88. The summed E-state index contributed by atoms with van der Waals surface area (Å²) in [5.74, 6) is 1.05. The van der Waals surface area contributed by atoms with Gasteiger partial charge in [-0.15, -0.1) is 0 Å². The maximum atomic E-state index is 14.2. The fourth-order valence-electron chi connectivity index (χ4n) is 4.20. The van der Waals surface area contributed by atoms with Gasteiger partial charge in [0.05, 0.1) is 5.56 Å². The van der Waals surface area contributed by atoms with E-state index >= 15 is 0 Å². The van der Waals surface area contributed by atoms with Crippen LogP contribution in [0.2, 0.25) is 0 Å². The lowest BCUT2D eigenvalue weighted by Gasteiger charge is -2.37. The molecule has 1 heterocycles. The Balaban J connectivity index is 2.10. The smallest absolute Gasteiger partial charge is 0.256 e. The molecule has 3 atom stereocenters. The fraction of sp³-hybridized carbons (Fsp3) is 0.737. The Labute approximate surface area is 139 Å². The van der Waals surface area contributed by atoms with Crippen molar-refractivity contribution in [1.29, 1.82) is 0 Å². The van der Waals surface area contributed by atoms with Gasteiger partial charge in [0.2, 0.25) is 5.95 Å². The number of aromatic nitrogens is 1. The van der Waals surface area contributed by atoms with Crippen LogP contribution in [0.3, 0.4) is 0 Å². The lowest BCUT2D eigenvalue weighted by molar-refractivity contribution is 0.0872. The first kappa shape index (κ1) is 18.0. The van der Waals surface area contributed by atoms with E-state index in [-0.39, 0.29) is 17.5 Å². The predicted molar refractivity (Wildman–Crippen MR) is 91.9 cm³/mol. The molecule has 2 rings (SSSR count). The molecule has 1 fully saturated rings. The van der Waals surface area contributed by atoms with Gasteiger partial charge in [0.15, 0.2) is 0 Å². The van der Waals surface area contributed by atoms with E-state index in [0.717, 1.165) is 19.3 Å². The molecular formula is C19H31FN2O. The summed E-state index contributed by atoms with van der Waals surface area (Å²) in [4.78, 5) is 12.6. The Morgan fingerprint density at radius 2 is 2.00 bits per heavy atom. The third-order valence-electron chi connectivity index (χ3n) is 5.23. The lowest BCUT2D eigenvalue weighted by atomic mass is 9.74. The Bertz CT molecular complexity index is 550. The molecule has 23 heavy (non-hydrogen) atoms. The van der Waals surface area contributed by atoms with Gasteiger partial charge >= 0.3 is 0 Å². The highest BCUT2D eigenvalue weighted by molar-refractivity contribution is 5.96. The molecule has 0 aromatic carbocycles. The standard InChI is InChI=1S/C19H31FN2O/c1-12(2)10-13(3)15-8-6-7-9-16(15)21-19(23)17-14(4)11-22(5)18(17)20/h11-13,15-16H,6-10H2,1-5H3,(H,21,23). The first-order chi connectivity index (χ1) is 10.8. The number of nitrogens with one attached hydrogen (secondary N) is 1. The van der Waals surface area contributed by atoms with Crippen molar-refractivity contribution >= 4 is 5.91 Å². The zero-order valence-corrected chi connectivity index (χ0v) is 15.2. The second-order valence-electron chi connectivity index (χ2n) is 7.72. The van der Waals surface area contributed by atoms with Crippen LogP contribution in [0.1, 0.15) is 68.8 Å².